The van der Waals surface area contributed by atoms with Crippen molar-refractivity contribution in [2.24, 2.45) is 0 Å². The Hall–Kier alpha value is -4.16. The number of benzene rings is 2. The lowest BCUT2D eigenvalue weighted by atomic mass is 10.0. The Labute approximate surface area is 197 Å². The summed E-state index contributed by atoms with van der Waals surface area (Å²) in [4.78, 5) is 47.5. The normalized spacial score (nSPS) is 13.6. The predicted octanol–water partition coefficient (Wildman–Crippen LogP) is 2.20. The van der Waals surface area contributed by atoms with E-state index in [2.05, 4.69) is 0 Å². The van der Waals surface area contributed by atoms with E-state index in [1.54, 1.807) is 29.2 Å². The zero-order valence-electron chi connectivity index (χ0n) is 18.5. The Bertz CT molecular complexity index is 1290. The standard InChI is InChI=1S/C23H22FN3O8/c1-34-20(26-12-18(27(32)33)21(29)25-23(26)31)11-17(24)19(28)13-35-22(30)16-9-7-15(8-10-16)14-5-3-2-4-6-14/h2-10,12,17,19-20,28H,11,13H2,1H3,(H,25,29,31)/t17-,19+,20?/m0/s1. The minimum Gasteiger partial charge on any atom is -0.459 e. The Morgan fingerprint density at radius 3 is 2.37 bits per heavy atom. The number of aliphatic hydroxyl groups is 1. The highest BCUT2D eigenvalue weighted by Gasteiger charge is 2.27. The van der Waals surface area contributed by atoms with Gasteiger partial charge in [0.05, 0.1) is 16.7 Å². The third kappa shape index (κ3) is 6.25. The molecule has 3 rings (SSSR count). The first-order chi connectivity index (χ1) is 16.7. The number of alkyl halides is 1. The van der Waals surface area contributed by atoms with Crippen molar-refractivity contribution in [1.82, 2.24) is 9.55 Å². The van der Waals surface area contributed by atoms with E-state index < -0.39 is 59.4 Å². The highest BCUT2D eigenvalue weighted by molar-refractivity contribution is 5.90. The van der Waals surface area contributed by atoms with Crippen LogP contribution in [0, 0.1) is 10.1 Å². The summed E-state index contributed by atoms with van der Waals surface area (Å²) in [6.45, 7) is -0.683. The van der Waals surface area contributed by atoms with E-state index in [0.717, 1.165) is 18.2 Å². The maximum atomic E-state index is 14.6. The smallest absolute Gasteiger partial charge is 0.350 e. The fourth-order valence-electron chi connectivity index (χ4n) is 3.27. The zero-order valence-corrected chi connectivity index (χ0v) is 18.5. The second-order valence-electron chi connectivity index (χ2n) is 7.49. The van der Waals surface area contributed by atoms with Gasteiger partial charge in [-0.3, -0.25) is 24.5 Å². The van der Waals surface area contributed by atoms with E-state index in [0.29, 0.717) is 10.8 Å². The lowest BCUT2D eigenvalue weighted by Gasteiger charge is -2.22. The van der Waals surface area contributed by atoms with Crippen molar-refractivity contribution in [2.75, 3.05) is 13.7 Å². The number of hydrogen-bond acceptors (Lipinski definition) is 8. The maximum absolute atomic E-state index is 14.6. The van der Waals surface area contributed by atoms with Crippen LogP contribution < -0.4 is 11.2 Å². The number of esters is 1. The van der Waals surface area contributed by atoms with E-state index in [1.807, 2.05) is 30.3 Å². The fourth-order valence-corrected chi connectivity index (χ4v) is 3.27. The molecule has 0 amide bonds. The number of methoxy groups -OCH3 is 1. The van der Waals surface area contributed by atoms with Gasteiger partial charge in [-0.15, -0.1) is 0 Å². The minimum atomic E-state index is -2.04. The molecular formula is C23H22FN3O8. The molecule has 0 saturated carbocycles. The van der Waals surface area contributed by atoms with E-state index in [-0.39, 0.29) is 5.56 Å². The lowest BCUT2D eigenvalue weighted by Crippen LogP contribution is -2.37. The van der Waals surface area contributed by atoms with E-state index in [1.165, 1.54) is 0 Å². The SMILES string of the molecule is COC(C[C@H](F)[C@H](O)COC(=O)c1ccc(-c2ccccc2)cc1)n1cc([N+](=O)[O-])c(=O)[nH]c1=O. The molecule has 3 aromatic rings. The second-order valence-corrected chi connectivity index (χ2v) is 7.49. The first-order valence-electron chi connectivity index (χ1n) is 10.4. The van der Waals surface area contributed by atoms with Crippen LogP contribution in [0.15, 0.2) is 70.4 Å². The summed E-state index contributed by atoms with van der Waals surface area (Å²) >= 11 is 0. The van der Waals surface area contributed by atoms with Crippen molar-refractivity contribution >= 4 is 11.7 Å². The number of nitrogens with zero attached hydrogens (tertiary/aromatic N) is 2. The van der Waals surface area contributed by atoms with Crippen LogP contribution in [0.4, 0.5) is 10.1 Å². The van der Waals surface area contributed by atoms with Crippen LogP contribution in [-0.2, 0) is 9.47 Å². The van der Waals surface area contributed by atoms with Crippen LogP contribution in [0.3, 0.4) is 0 Å². The van der Waals surface area contributed by atoms with E-state index in [9.17, 15) is 34.0 Å². The quantitative estimate of drug-likeness (QED) is 0.251. The van der Waals surface area contributed by atoms with Gasteiger partial charge in [-0.1, -0.05) is 42.5 Å². The topological polar surface area (TPSA) is 154 Å². The molecule has 1 aromatic heterocycles. The molecule has 1 unspecified atom stereocenters. The number of aromatic nitrogens is 2. The Kier molecular flexibility index (Phi) is 8.23. The largest absolute Gasteiger partial charge is 0.459 e. The summed E-state index contributed by atoms with van der Waals surface area (Å²) in [5, 5.41) is 21.0. The third-order valence-electron chi connectivity index (χ3n) is 5.19. The van der Waals surface area contributed by atoms with Crippen LogP contribution in [0.2, 0.25) is 0 Å². The van der Waals surface area contributed by atoms with Crippen molar-refractivity contribution < 1.29 is 28.7 Å². The average molecular weight is 487 g/mol. The number of H-pyrrole nitrogens is 1. The van der Waals surface area contributed by atoms with Gasteiger partial charge in [-0.2, -0.15) is 0 Å². The molecule has 184 valence electrons. The summed E-state index contributed by atoms with van der Waals surface area (Å²) in [6.07, 6.45) is -5.18. The highest BCUT2D eigenvalue weighted by atomic mass is 19.1. The molecule has 0 saturated heterocycles. The van der Waals surface area contributed by atoms with Gasteiger partial charge in [0.25, 0.3) is 0 Å². The van der Waals surface area contributed by atoms with E-state index >= 15 is 0 Å². The molecule has 2 N–H and O–H groups in total. The van der Waals surface area contributed by atoms with Crippen LogP contribution in [0.1, 0.15) is 23.0 Å². The summed E-state index contributed by atoms with van der Waals surface area (Å²) in [5.41, 5.74) is -1.16. The molecular weight excluding hydrogens is 465 g/mol. The molecule has 0 aliphatic heterocycles. The molecule has 0 radical (unpaired) electrons. The number of nitrogens with one attached hydrogen (secondary N) is 1. The van der Waals surface area contributed by atoms with Crippen molar-refractivity contribution in [3.05, 3.63) is 97.3 Å². The van der Waals surface area contributed by atoms with Gasteiger partial charge in [0.1, 0.15) is 25.1 Å². The van der Waals surface area contributed by atoms with Gasteiger partial charge in [0.15, 0.2) is 0 Å². The number of halogens is 1. The van der Waals surface area contributed by atoms with Crippen molar-refractivity contribution in [2.45, 2.75) is 24.9 Å². The number of rotatable bonds is 10. The number of aliphatic hydroxyl groups excluding tert-OH is 1. The number of aromatic amines is 1. The average Bonchev–Trinajstić information content (AvgIpc) is 2.86. The van der Waals surface area contributed by atoms with Crippen molar-refractivity contribution in [3.63, 3.8) is 0 Å². The maximum Gasteiger partial charge on any atom is 0.350 e. The molecule has 11 nitrogen and oxygen atoms in total. The highest BCUT2D eigenvalue weighted by Crippen LogP contribution is 2.21. The molecule has 0 bridgehead atoms. The number of carbonyl (C=O) groups is 1. The second kappa shape index (κ2) is 11.3. The van der Waals surface area contributed by atoms with Gasteiger partial charge < -0.3 is 14.6 Å². The zero-order chi connectivity index (χ0) is 25.5. The number of nitro groups is 1. The Morgan fingerprint density at radius 2 is 1.77 bits per heavy atom. The van der Waals surface area contributed by atoms with Crippen LogP contribution in [0.5, 0.6) is 0 Å². The van der Waals surface area contributed by atoms with Gasteiger partial charge in [-0.25, -0.2) is 14.0 Å². The summed E-state index contributed by atoms with van der Waals surface area (Å²) in [5.74, 6) is -0.772. The third-order valence-corrected chi connectivity index (χ3v) is 5.19. The first kappa shape index (κ1) is 25.5. The van der Waals surface area contributed by atoms with Crippen LogP contribution in [0.25, 0.3) is 11.1 Å². The summed E-state index contributed by atoms with van der Waals surface area (Å²) in [7, 11) is 1.12. The molecule has 0 fully saturated rings. The number of ether oxygens (including phenoxy) is 2. The first-order valence-corrected chi connectivity index (χ1v) is 10.4. The van der Waals surface area contributed by atoms with E-state index in [4.69, 9.17) is 9.47 Å². The molecule has 35 heavy (non-hydrogen) atoms. The molecule has 3 atom stereocenters. The van der Waals surface area contributed by atoms with Gasteiger partial charge in [0, 0.05) is 13.5 Å². The molecule has 0 aliphatic rings. The minimum absolute atomic E-state index is 0.203. The molecule has 0 spiro atoms. The Balaban J connectivity index is 1.61. The molecule has 12 heteroatoms. The van der Waals surface area contributed by atoms with Gasteiger partial charge in [-0.05, 0) is 23.3 Å². The fraction of sp³-hybridized carbons (Fsp3) is 0.261. The predicted molar refractivity (Wildman–Crippen MR) is 122 cm³/mol. The molecule has 2 aromatic carbocycles. The van der Waals surface area contributed by atoms with Crippen molar-refractivity contribution in [3.8, 4) is 11.1 Å². The van der Waals surface area contributed by atoms with Crippen LogP contribution in [-0.4, -0.2) is 51.5 Å². The van der Waals surface area contributed by atoms with Gasteiger partial charge >= 0.3 is 22.9 Å². The van der Waals surface area contributed by atoms with Gasteiger partial charge in [0.2, 0.25) is 0 Å². The number of hydrogen-bond donors (Lipinski definition) is 2. The summed E-state index contributed by atoms with van der Waals surface area (Å²) in [6, 6.07) is 16.0. The lowest BCUT2D eigenvalue weighted by molar-refractivity contribution is -0.387. The number of carbonyl (C=O) groups excluding carboxylic acids is 1. The summed E-state index contributed by atoms with van der Waals surface area (Å²) < 4.78 is 25.3. The molecule has 1 heterocycles. The van der Waals surface area contributed by atoms with Crippen LogP contribution >= 0.6 is 0 Å². The Morgan fingerprint density at radius 1 is 1.14 bits per heavy atom. The monoisotopic (exact) mass is 487 g/mol. The molecule has 0 aliphatic carbocycles. The van der Waals surface area contributed by atoms with Crippen molar-refractivity contribution in [1.29, 1.82) is 0 Å².